The first-order chi connectivity index (χ1) is 13.2. The van der Waals surface area contributed by atoms with Crippen LogP contribution in [0.25, 0.3) is 0 Å². The fourth-order valence-electron chi connectivity index (χ4n) is 2.81. The van der Waals surface area contributed by atoms with Crippen molar-refractivity contribution in [2.24, 2.45) is 5.92 Å². The number of carbonyl (C=O) groups excluding carboxylic acids is 4. The molecule has 1 heterocycles. The summed E-state index contributed by atoms with van der Waals surface area (Å²) in [6.45, 7) is 5.04. The Labute approximate surface area is 164 Å². The molecule has 2 rings (SSSR count). The highest BCUT2D eigenvalue weighted by molar-refractivity contribution is 6.08. The van der Waals surface area contributed by atoms with Gasteiger partial charge in [0.15, 0.2) is 6.61 Å². The molecule has 1 aromatic rings. The van der Waals surface area contributed by atoms with E-state index in [1.807, 2.05) is 44.2 Å². The maximum absolute atomic E-state index is 12.5. The molecule has 0 spiro atoms. The van der Waals surface area contributed by atoms with Crippen LogP contribution < -0.4 is 10.6 Å². The number of hydrogen-bond acceptors (Lipinski definition) is 5. The van der Waals surface area contributed by atoms with Crippen LogP contribution in [0, 0.1) is 5.92 Å². The minimum atomic E-state index is -1.02. The number of nitrogens with one attached hydrogen (secondary N) is 2. The lowest BCUT2D eigenvalue weighted by molar-refractivity contribution is -0.151. The van der Waals surface area contributed by atoms with Gasteiger partial charge < -0.3 is 15.4 Å². The predicted octanol–water partition coefficient (Wildman–Crippen LogP) is 1.59. The Morgan fingerprint density at radius 1 is 1.21 bits per heavy atom. The lowest BCUT2D eigenvalue weighted by Gasteiger charge is -2.22. The Balaban J connectivity index is 1.78. The van der Waals surface area contributed by atoms with Gasteiger partial charge in [0.05, 0.1) is 0 Å². The number of benzene rings is 1. The third-order valence-corrected chi connectivity index (χ3v) is 4.55. The van der Waals surface area contributed by atoms with Crippen LogP contribution in [-0.4, -0.2) is 47.4 Å². The van der Waals surface area contributed by atoms with Gasteiger partial charge in [-0.05, 0) is 31.2 Å². The van der Waals surface area contributed by atoms with Crippen molar-refractivity contribution < 1.29 is 23.9 Å². The zero-order chi connectivity index (χ0) is 20.7. The Morgan fingerprint density at radius 2 is 1.89 bits per heavy atom. The summed E-state index contributed by atoms with van der Waals surface area (Å²) < 4.78 is 4.89. The van der Waals surface area contributed by atoms with E-state index < -0.39 is 42.5 Å². The van der Waals surface area contributed by atoms with E-state index in [9.17, 15) is 19.2 Å². The van der Waals surface area contributed by atoms with E-state index in [-0.39, 0.29) is 0 Å². The van der Waals surface area contributed by atoms with Crippen LogP contribution in [0.3, 0.4) is 0 Å². The van der Waals surface area contributed by atoms with Crippen LogP contribution in [0.1, 0.15) is 39.2 Å². The first kappa shape index (κ1) is 21.4. The molecule has 8 nitrogen and oxygen atoms in total. The number of rotatable bonds is 9. The van der Waals surface area contributed by atoms with E-state index in [1.54, 1.807) is 6.92 Å². The number of carbonyl (C=O) groups is 4. The topological polar surface area (TPSA) is 105 Å². The third-order valence-electron chi connectivity index (χ3n) is 4.55. The monoisotopic (exact) mass is 389 g/mol. The Hall–Kier alpha value is -2.90. The van der Waals surface area contributed by atoms with Gasteiger partial charge in [-0.3, -0.25) is 19.3 Å². The molecule has 0 radical (unpaired) electrons. The fraction of sp³-hybridized carbons (Fsp3) is 0.500. The lowest BCUT2D eigenvalue weighted by atomic mass is 9.92. The van der Waals surface area contributed by atoms with Crippen molar-refractivity contribution in [3.63, 3.8) is 0 Å². The molecule has 4 amide bonds. The summed E-state index contributed by atoms with van der Waals surface area (Å²) in [7, 11) is 0. The van der Waals surface area contributed by atoms with Crippen molar-refractivity contribution in [3.8, 4) is 0 Å². The summed E-state index contributed by atoms with van der Waals surface area (Å²) in [5.41, 5.74) is -0.100. The molecule has 1 atom stereocenters. The number of nitrogens with zero attached hydrogens (tertiary/aromatic N) is 1. The molecule has 28 heavy (non-hydrogen) atoms. The molecule has 152 valence electrons. The van der Waals surface area contributed by atoms with Crippen LogP contribution in [0.4, 0.5) is 4.79 Å². The SMILES string of the molecule is CC(C)CC[C@]1(C)NC(=O)N(CC(=O)OCC(=O)NCc2ccccc2)C1=O. The minimum absolute atomic E-state index is 0.318. The molecule has 1 aliphatic heterocycles. The number of esters is 1. The van der Waals surface area contributed by atoms with Crippen molar-refractivity contribution in [3.05, 3.63) is 35.9 Å². The smallest absolute Gasteiger partial charge is 0.326 e. The van der Waals surface area contributed by atoms with Gasteiger partial charge in [-0.1, -0.05) is 44.2 Å². The molecular formula is C20H27N3O5. The fourth-order valence-corrected chi connectivity index (χ4v) is 2.81. The summed E-state index contributed by atoms with van der Waals surface area (Å²) in [5, 5.41) is 5.27. The molecule has 0 aliphatic carbocycles. The molecule has 1 aromatic carbocycles. The summed E-state index contributed by atoms with van der Waals surface area (Å²) in [6.07, 6.45) is 1.26. The standard InChI is InChI=1S/C20H27N3O5/c1-14(2)9-10-20(3)18(26)23(19(27)22-20)12-17(25)28-13-16(24)21-11-15-7-5-4-6-8-15/h4-8,14H,9-13H2,1-3H3,(H,21,24)(H,22,27)/t20-/m0/s1. The molecule has 1 aliphatic rings. The van der Waals surface area contributed by atoms with Crippen molar-refractivity contribution >= 4 is 23.8 Å². The van der Waals surface area contributed by atoms with Gasteiger partial charge in [0.1, 0.15) is 12.1 Å². The predicted molar refractivity (Wildman–Crippen MR) is 102 cm³/mol. The molecule has 1 fully saturated rings. The van der Waals surface area contributed by atoms with Crippen LogP contribution in [0.5, 0.6) is 0 Å². The van der Waals surface area contributed by atoms with E-state index in [2.05, 4.69) is 10.6 Å². The van der Waals surface area contributed by atoms with Gasteiger partial charge in [-0.15, -0.1) is 0 Å². The van der Waals surface area contributed by atoms with E-state index in [1.165, 1.54) is 0 Å². The number of urea groups is 1. The Bertz CT molecular complexity index is 735. The van der Waals surface area contributed by atoms with Gasteiger partial charge in [0, 0.05) is 6.54 Å². The van der Waals surface area contributed by atoms with Gasteiger partial charge in [0.25, 0.3) is 11.8 Å². The highest BCUT2D eigenvalue weighted by atomic mass is 16.5. The van der Waals surface area contributed by atoms with Gasteiger partial charge in [-0.2, -0.15) is 0 Å². The molecule has 2 N–H and O–H groups in total. The van der Waals surface area contributed by atoms with Gasteiger partial charge >= 0.3 is 12.0 Å². The molecular weight excluding hydrogens is 362 g/mol. The average molecular weight is 389 g/mol. The molecule has 0 bridgehead atoms. The normalized spacial score (nSPS) is 18.9. The highest BCUT2D eigenvalue weighted by Crippen LogP contribution is 2.24. The zero-order valence-electron chi connectivity index (χ0n) is 16.5. The van der Waals surface area contributed by atoms with E-state index in [4.69, 9.17) is 4.74 Å². The first-order valence-corrected chi connectivity index (χ1v) is 9.31. The minimum Gasteiger partial charge on any atom is -0.454 e. The van der Waals surface area contributed by atoms with Crippen molar-refractivity contribution in [1.29, 1.82) is 0 Å². The number of hydrogen-bond donors (Lipinski definition) is 2. The molecule has 0 unspecified atom stereocenters. The van der Waals surface area contributed by atoms with Gasteiger partial charge in [-0.25, -0.2) is 4.79 Å². The Kier molecular flexibility index (Phi) is 7.14. The maximum atomic E-state index is 12.5. The number of amides is 4. The van der Waals surface area contributed by atoms with Crippen molar-refractivity contribution in [2.75, 3.05) is 13.2 Å². The van der Waals surface area contributed by atoms with Crippen molar-refractivity contribution in [1.82, 2.24) is 15.5 Å². The Morgan fingerprint density at radius 3 is 2.54 bits per heavy atom. The van der Waals surface area contributed by atoms with E-state index >= 15 is 0 Å². The zero-order valence-corrected chi connectivity index (χ0v) is 16.5. The van der Waals surface area contributed by atoms with E-state index in [0.717, 1.165) is 16.9 Å². The number of imide groups is 1. The van der Waals surface area contributed by atoms with Crippen LogP contribution >= 0.6 is 0 Å². The summed E-state index contributed by atoms with van der Waals surface area (Å²) >= 11 is 0. The highest BCUT2D eigenvalue weighted by Gasteiger charge is 2.48. The number of ether oxygens (including phenoxy) is 1. The average Bonchev–Trinajstić information content (AvgIpc) is 2.87. The van der Waals surface area contributed by atoms with Crippen LogP contribution in [-0.2, 0) is 25.7 Å². The molecule has 0 saturated carbocycles. The quantitative estimate of drug-likeness (QED) is 0.493. The maximum Gasteiger partial charge on any atom is 0.326 e. The summed E-state index contributed by atoms with van der Waals surface area (Å²) in [4.78, 5) is 49.2. The van der Waals surface area contributed by atoms with Crippen LogP contribution in [0.15, 0.2) is 30.3 Å². The third kappa shape index (κ3) is 5.80. The van der Waals surface area contributed by atoms with Gasteiger partial charge in [0.2, 0.25) is 0 Å². The van der Waals surface area contributed by atoms with Crippen molar-refractivity contribution in [2.45, 2.75) is 45.7 Å². The second-order valence-corrected chi connectivity index (χ2v) is 7.51. The largest absolute Gasteiger partial charge is 0.454 e. The molecule has 8 heteroatoms. The second kappa shape index (κ2) is 9.34. The van der Waals surface area contributed by atoms with Crippen LogP contribution in [0.2, 0.25) is 0 Å². The molecule has 0 aromatic heterocycles. The first-order valence-electron chi connectivity index (χ1n) is 9.31. The summed E-state index contributed by atoms with van der Waals surface area (Å²) in [5.74, 6) is -1.35. The lowest BCUT2D eigenvalue weighted by Crippen LogP contribution is -2.44. The van der Waals surface area contributed by atoms with E-state index in [0.29, 0.717) is 18.9 Å². The second-order valence-electron chi connectivity index (χ2n) is 7.51. The molecule has 1 saturated heterocycles. The summed E-state index contributed by atoms with van der Waals surface area (Å²) in [6, 6.07) is 8.68.